The zero-order valence-corrected chi connectivity index (χ0v) is 10.5. The Labute approximate surface area is 111 Å². The summed E-state index contributed by atoms with van der Waals surface area (Å²) in [6, 6.07) is 5.87. The van der Waals surface area contributed by atoms with Crippen molar-refractivity contribution < 1.29 is 13.9 Å². The summed E-state index contributed by atoms with van der Waals surface area (Å²) in [5, 5.41) is 3.83. The SMILES string of the molecule is O=C(CN1CCOCC1)NN=Cc1ccc(F)cc1. The molecule has 0 unspecified atom stereocenters. The van der Waals surface area contributed by atoms with Gasteiger partial charge in [-0.1, -0.05) is 12.1 Å². The molecule has 1 aliphatic heterocycles. The van der Waals surface area contributed by atoms with Crippen molar-refractivity contribution in [2.75, 3.05) is 32.8 Å². The number of hydrazone groups is 1. The number of morpholine rings is 1. The van der Waals surface area contributed by atoms with Crippen molar-refractivity contribution in [3.63, 3.8) is 0 Å². The van der Waals surface area contributed by atoms with Gasteiger partial charge in [-0.2, -0.15) is 5.10 Å². The molecule has 102 valence electrons. The molecule has 0 bridgehead atoms. The molecule has 0 aliphatic carbocycles. The predicted octanol–water partition coefficient (Wildman–Crippen LogP) is 0.608. The lowest BCUT2D eigenvalue weighted by atomic mass is 10.2. The summed E-state index contributed by atoms with van der Waals surface area (Å²) in [6.45, 7) is 3.15. The Morgan fingerprint density at radius 2 is 2.05 bits per heavy atom. The number of carbonyl (C=O) groups excluding carboxylic acids is 1. The molecule has 0 aromatic heterocycles. The number of nitrogens with zero attached hydrogens (tertiary/aromatic N) is 2. The molecular weight excluding hydrogens is 249 g/mol. The predicted molar refractivity (Wildman–Crippen MR) is 69.4 cm³/mol. The van der Waals surface area contributed by atoms with Crippen molar-refractivity contribution in [3.05, 3.63) is 35.6 Å². The summed E-state index contributed by atoms with van der Waals surface area (Å²) in [5.41, 5.74) is 3.18. The molecular formula is C13H16FN3O2. The average Bonchev–Trinajstić information content (AvgIpc) is 2.42. The van der Waals surface area contributed by atoms with E-state index in [0.717, 1.165) is 18.7 Å². The van der Waals surface area contributed by atoms with Crippen molar-refractivity contribution in [3.8, 4) is 0 Å². The topological polar surface area (TPSA) is 53.9 Å². The molecule has 6 heteroatoms. The fourth-order valence-electron chi connectivity index (χ4n) is 1.73. The third kappa shape index (κ3) is 4.76. The van der Waals surface area contributed by atoms with E-state index in [1.54, 1.807) is 12.1 Å². The summed E-state index contributed by atoms with van der Waals surface area (Å²) < 4.78 is 17.9. The fraction of sp³-hybridized carbons (Fsp3) is 0.385. The van der Waals surface area contributed by atoms with Crippen LogP contribution in [0.5, 0.6) is 0 Å². The van der Waals surface area contributed by atoms with Crippen molar-refractivity contribution in [1.82, 2.24) is 10.3 Å². The van der Waals surface area contributed by atoms with Gasteiger partial charge >= 0.3 is 0 Å². The molecule has 0 spiro atoms. The van der Waals surface area contributed by atoms with E-state index in [-0.39, 0.29) is 11.7 Å². The molecule has 2 rings (SSSR count). The summed E-state index contributed by atoms with van der Waals surface area (Å²) in [7, 11) is 0. The first-order valence-corrected chi connectivity index (χ1v) is 6.11. The van der Waals surface area contributed by atoms with Gasteiger partial charge in [-0.25, -0.2) is 9.82 Å². The van der Waals surface area contributed by atoms with Crippen LogP contribution in [-0.4, -0.2) is 49.9 Å². The Hall–Kier alpha value is -1.79. The highest BCUT2D eigenvalue weighted by Gasteiger charge is 2.13. The number of nitrogens with one attached hydrogen (secondary N) is 1. The zero-order chi connectivity index (χ0) is 13.5. The Morgan fingerprint density at radius 3 is 2.74 bits per heavy atom. The third-order valence-corrected chi connectivity index (χ3v) is 2.74. The monoisotopic (exact) mass is 265 g/mol. The van der Waals surface area contributed by atoms with Crippen LogP contribution in [-0.2, 0) is 9.53 Å². The van der Waals surface area contributed by atoms with Gasteiger partial charge in [-0.15, -0.1) is 0 Å². The van der Waals surface area contributed by atoms with Crippen LogP contribution in [0.2, 0.25) is 0 Å². The van der Waals surface area contributed by atoms with Gasteiger partial charge in [0, 0.05) is 13.1 Å². The van der Waals surface area contributed by atoms with Crippen LogP contribution in [0.25, 0.3) is 0 Å². The van der Waals surface area contributed by atoms with Gasteiger partial charge in [0.15, 0.2) is 0 Å². The maximum Gasteiger partial charge on any atom is 0.254 e. The van der Waals surface area contributed by atoms with Gasteiger partial charge in [-0.3, -0.25) is 9.69 Å². The van der Waals surface area contributed by atoms with Gasteiger partial charge in [0.1, 0.15) is 5.82 Å². The lowest BCUT2D eigenvalue weighted by Gasteiger charge is -2.25. The molecule has 1 heterocycles. The molecule has 1 N–H and O–H groups in total. The highest BCUT2D eigenvalue weighted by molar-refractivity contribution is 5.83. The average molecular weight is 265 g/mol. The first-order valence-electron chi connectivity index (χ1n) is 6.11. The molecule has 1 aromatic rings. The molecule has 1 fully saturated rings. The van der Waals surface area contributed by atoms with Gasteiger partial charge in [0.25, 0.3) is 5.91 Å². The second-order valence-electron chi connectivity index (χ2n) is 4.23. The summed E-state index contributed by atoms with van der Waals surface area (Å²) >= 11 is 0. The number of benzene rings is 1. The van der Waals surface area contributed by atoms with Gasteiger partial charge in [0.2, 0.25) is 0 Å². The van der Waals surface area contributed by atoms with E-state index in [1.807, 2.05) is 4.90 Å². The molecule has 1 aromatic carbocycles. The second-order valence-corrected chi connectivity index (χ2v) is 4.23. The Morgan fingerprint density at radius 1 is 1.37 bits per heavy atom. The molecule has 19 heavy (non-hydrogen) atoms. The molecule has 1 amide bonds. The first kappa shape index (κ1) is 13.6. The van der Waals surface area contributed by atoms with Crippen LogP contribution < -0.4 is 5.43 Å². The van der Waals surface area contributed by atoms with E-state index in [2.05, 4.69) is 10.5 Å². The lowest BCUT2D eigenvalue weighted by molar-refractivity contribution is -0.123. The summed E-state index contributed by atoms with van der Waals surface area (Å²) in [4.78, 5) is 13.6. The van der Waals surface area contributed by atoms with Crippen molar-refractivity contribution in [1.29, 1.82) is 0 Å². The molecule has 0 saturated carbocycles. The lowest BCUT2D eigenvalue weighted by Crippen LogP contribution is -2.42. The molecule has 1 saturated heterocycles. The van der Waals surface area contributed by atoms with Crippen LogP contribution in [0.3, 0.4) is 0 Å². The van der Waals surface area contributed by atoms with Crippen LogP contribution >= 0.6 is 0 Å². The minimum atomic E-state index is -0.298. The standard InChI is InChI=1S/C13H16FN3O2/c14-12-3-1-11(2-4-12)9-15-16-13(18)10-17-5-7-19-8-6-17/h1-4,9H,5-8,10H2,(H,16,18). The summed E-state index contributed by atoms with van der Waals surface area (Å²) in [6.07, 6.45) is 1.48. The number of rotatable bonds is 4. The van der Waals surface area contributed by atoms with Crippen LogP contribution in [0.1, 0.15) is 5.56 Å². The van der Waals surface area contributed by atoms with E-state index < -0.39 is 0 Å². The van der Waals surface area contributed by atoms with Gasteiger partial charge < -0.3 is 4.74 Å². The zero-order valence-electron chi connectivity index (χ0n) is 10.5. The van der Waals surface area contributed by atoms with E-state index in [9.17, 15) is 9.18 Å². The quantitative estimate of drug-likeness (QED) is 0.641. The number of hydrogen-bond donors (Lipinski definition) is 1. The van der Waals surface area contributed by atoms with Crippen LogP contribution in [0.15, 0.2) is 29.4 Å². The van der Waals surface area contributed by atoms with E-state index in [1.165, 1.54) is 18.3 Å². The van der Waals surface area contributed by atoms with Crippen molar-refractivity contribution in [2.45, 2.75) is 0 Å². The summed E-state index contributed by atoms with van der Waals surface area (Å²) in [5.74, 6) is -0.464. The number of amides is 1. The number of hydrogen-bond acceptors (Lipinski definition) is 4. The molecule has 5 nitrogen and oxygen atoms in total. The van der Waals surface area contributed by atoms with Crippen LogP contribution in [0, 0.1) is 5.82 Å². The molecule has 0 radical (unpaired) electrons. The maximum absolute atomic E-state index is 12.7. The minimum absolute atomic E-state index is 0.166. The number of halogens is 1. The number of carbonyl (C=O) groups is 1. The van der Waals surface area contributed by atoms with E-state index in [4.69, 9.17) is 4.74 Å². The largest absolute Gasteiger partial charge is 0.379 e. The van der Waals surface area contributed by atoms with Gasteiger partial charge in [0.05, 0.1) is 26.0 Å². The fourth-order valence-corrected chi connectivity index (χ4v) is 1.73. The normalized spacial score (nSPS) is 16.7. The second kappa shape index (κ2) is 6.96. The van der Waals surface area contributed by atoms with E-state index in [0.29, 0.717) is 19.8 Å². The Kier molecular flexibility index (Phi) is 5.00. The molecule has 1 aliphatic rings. The van der Waals surface area contributed by atoms with Gasteiger partial charge in [-0.05, 0) is 17.7 Å². The minimum Gasteiger partial charge on any atom is -0.379 e. The van der Waals surface area contributed by atoms with E-state index >= 15 is 0 Å². The van der Waals surface area contributed by atoms with Crippen molar-refractivity contribution >= 4 is 12.1 Å². The Balaban J connectivity index is 1.74. The first-order chi connectivity index (χ1) is 9.24. The maximum atomic E-state index is 12.7. The van der Waals surface area contributed by atoms with Crippen LogP contribution in [0.4, 0.5) is 4.39 Å². The van der Waals surface area contributed by atoms with Crippen molar-refractivity contribution in [2.24, 2.45) is 5.10 Å². The number of ether oxygens (including phenoxy) is 1. The smallest absolute Gasteiger partial charge is 0.254 e. The highest BCUT2D eigenvalue weighted by Crippen LogP contribution is 1.99. The highest BCUT2D eigenvalue weighted by atomic mass is 19.1. The third-order valence-electron chi connectivity index (χ3n) is 2.74. The Bertz CT molecular complexity index is 442. The molecule has 0 atom stereocenters.